The number of aliphatic carboxylic acids is 1. The van der Waals surface area contributed by atoms with Crippen molar-refractivity contribution in [1.29, 1.82) is 0 Å². The van der Waals surface area contributed by atoms with Gasteiger partial charge in [-0.05, 0) is 47.4 Å². The van der Waals surface area contributed by atoms with Crippen molar-refractivity contribution in [2.75, 3.05) is 13.2 Å². The van der Waals surface area contributed by atoms with Gasteiger partial charge in [-0.15, -0.1) is 6.58 Å². The number of allylic oxidation sites excluding steroid dienone is 1. The molecule has 0 radical (unpaired) electrons. The molecule has 2 aliphatic rings. The Balaban J connectivity index is 1.24. The third kappa shape index (κ3) is 5.08. The molecule has 3 atom stereocenters. The number of fused-ring (bicyclic) bond motifs is 3. The lowest BCUT2D eigenvalue weighted by molar-refractivity contribution is -0.142. The molecule has 2 amide bonds. The highest BCUT2D eigenvalue weighted by atomic mass is 16.5. The minimum absolute atomic E-state index is 0.00822. The fraction of sp³-hybridized carbons (Fsp3) is 0.346. The number of alkyl carbamates (subject to hydrolysis) is 1. The van der Waals surface area contributed by atoms with E-state index < -0.39 is 18.1 Å². The third-order valence-corrected chi connectivity index (χ3v) is 6.39. The van der Waals surface area contributed by atoms with Crippen LogP contribution in [0, 0.1) is 11.8 Å². The van der Waals surface area contributed by atoms with Crippen molar-refractivity contribution in [3.63, 3.8) is 0 Å². The number of carbonyl (C=O) groups is 3. The summed E-state index contributed by atoms with van der Waals surface area (Å²) < 4.78 is 5.52. The normalized spacial score (nSPS) is 19.0. The monoisotopic (exact) mass is 448 g/mol. The second kappa shape index (κ2) is 9.90. The third-order valence-electron chi connectivity index (χ3n) is 6.39. The fourth-order valence-corrected chi connectivity index (χ4v) is 4.48. The summed E-state index contributed by atoms with van der Waals surface area (Å²) in [4.78, 5) is 35.9. The largest absolute Gasteiger partial charge is 0.480 e. The maximum Gasteiger partial charge on any atom is 0.407 e. The predicted molar refractivity (Wildman–Crippen MR) is 124 cm³/mol. The van der Waals surface area contributed by atoms with Crippen LogP contribution in [0.15, 0.2) is 61.2 Å². The molecule has 0 saturated heterocycles. The van der Waals surface area contributed by atoms with E-state index in [0.29, 0.717) is 25.8 Å². The topological polar surface area (TPSA) is 105 Å². The van der Waals surface area contributed by atoms with Gasteiger partial charge in [0.25, 0.3) is 0 Å². The molecule has 7 nitrogen and oxygen atoms in total. The molecular weight excluding hydrogens is 420 g/mol. The van der Waals surface area contributed by atoms with E-state index in [-0.39, 0.29) is 30.3 Å². The molecule has 1 saturated carbocycles. The van der Waals surface area contributed by atoms with Crippen LogP contribution in [0.1, 0.15) is 36.3 Å². The summed E-state index contributed by atoms with van der Waals surface area (Å²) in [6, 6.07) is 15.4. The Hall–Kier alpha value is -3.61. The van der Waals surface area contributed by atoms with E-state index in [0.717, 1.165) is 11.1 Å². The number of nitrogens with one attached hydrogen (secondary N) is 2. The van der Waals surface area contributed by atoms with Crippen molar-refractivity contribution in [3.8, 4) is 11.1 Å². The van der Waals surface area contributed by atoms with Gasteiger partial charge in [-0.2, -0.15) is 0 Å². The lowest BCUT2D eigenvalue weighted by atomic mass is 9.98. The van der Waals surface area contributed by atoms with Gasteiger partial charge in [0.05, 0.1) is 0 Å². The van der Waals surface area contributed by atoms with Gasteiger partial charge in [0, 0.05) is 18.4 Å². The van der Waals surface area contributed by atoms with Gasteiger partial charge in [0.15, 0.2) is 0 Å². The highest BCUT2D eigenvalue weighted by molar-refractivity contribution is 5.86. The Bertz CT molecular complexity index is 1020. The number of carbonyl (C=O) groups excluding carboxylic acids is 2. The average Bonchev–Trinajstić information content (AvgIpc) is 3.54. The van der Waals surface area contributed by atoms with Crippen LogP contribution < -0.4 is 10.6 Å². The zero-order chi connectivity index (χ0) is 23.4. The second-order valence-corrected chi connectivity index (χ2v) is 8.57. The highest BCUT2D eigenvalue weighted by Gasteiger charge is 2.44. The van der Waals surface area contributed by atoms with E-state index in [1.165, 1.54) is 11.1 Å². The van der Waals surface area contributed by atoms with E-state index in [1.807, 2.05) is 24.3 Å². The van der Waals surface area contributed by atoms with E-state index in [4.69, 9.17) is 4.74 Å². The Labute approximate surface area is 192 Å². The van der Waals surface area contributed by atoms with Crippen molar-refractivity contribution >= 4 is 18.0 Å². The van der Waals surface area contributed by atoms with E-state index in [1.54, 1.807) is 6.08 Å². The Kier molecular flexibility index (Phi) is 6.77. The van der Waals surface area contributed by atoms with E-state index >= 15 is 0 Å². The molecule has 7 heteroatoms. The van der Waals surface area contributed by atoms with Gasteiger partial charge in [0.1, 0.15) is 12.6 Å². The van der Waals surface area contributed by atoms with Gasteiger partial charge in [0.2, 0.25) is 5.91 Å². The Morgan fingerprint density at radius 1 is 1.09 bits per heavy atom. The van der Waals surface area contributed by atoms with Gasteiger partial charge in [-0.3, -0.25) is 4.79 Å². The van der Waals surface area contributed by atoms with Crippen LogP contribution in [-0.2, 0) is 14.3 Å². The molecular formula is C26H28N2O5. The maximum atomic E-state index is 12.3. The molecule has 33 heavy (non-hydrogen) atoms. The van der Waals surface area contributed by atoms with E-state index in [9.17, 15) is 19.5 Å². The van der Waals surface area contributed by atoms with Gasteiger partial charge in [-0.25, -0.2) is 9.59 Å². The number of hydrogen-bond acceptors (Lipinski definition) is 4. The lowest BCUT2D eigenvalue weighted by Crippen LogP contribution is -2.42. The summed E-state index contributed by atoms with van der Waals surface area (Å²) in [5, 5.41) is 14.6. The number of amides is 2. The van der Waals surface area contributed by atoms with Crippen molar-refractivity contribution < 1.29 is 24.2 Å². The first-order valence-corrected chi connectivity index (χ1v) is 11.2. The molecule has 0 aromatic heterocycles. The zero-order valence-electron chi connectivity index (χ0n) is 18.3. The molecule has 2 aliphatic carbocycles. The van der Waals surface area contributed by atoms with Crippen LogP contribution in [0.25, 0.3) is 11.1 Å². The quantitative estimate of drug-likeness (QED) is 0.481. The maximum absolute atomic E-state index is 12.3. The van der Waals surface area contributed by atoms with Crippen molar-refractivity contribution in [2.45, 2.75) is 31.2 Å². The van der Waals surface area contributed by atoms with Gasteiger partial charge in [-0.1, -0.05) is 54.6 Å². The second-order valence-electron chi connectivity index (χ2n) is 8.57. The fourth-order valence-electron chi connectivity index (χ4n) is 4.48. The van der Waals surface area contributed by atoms with Crippen molar-refractivity contribution in [3.05, 3.63) is 72.3 Å². The average molecular weight is 449 g/mol. The summed E-state index contributed by atoms with van der Waals surface area (Å²) in [7, 11) is 0. The summed E-state index contributed by atoms with van der Waals surface area (Å²) in [5.41, 5.74) is 4.63. The molecule has 0 spiro atoms. The minimum Gasteiger partial charge on any atom is -0.480 e. The summed E-state index contributed by atoms with van der Waals surface area (Å²) in [6.07, 6.45) is 2.54. The molecule has 2 aromatic carbocycles. The molecule has 3 N–H and O–H groups in total. The number of hydrogen-bond donors (Lipinski definition) is 3. The molecule has 1 unspecified atom stereocenters. The first-order valence-electron chi connectivity index (χ1n) is 11.2. The molecule has 4 rings (SSSR count). The standard InChI is InChI=1S/C26H28N2O5/c1-2-3-12-23(25(30)31)28-24(29)21-13-16(21)14-27-26(32)33-15-22-19-10-6-4-8-17(19)18-9-5-7-11-20(18)22/h2,4-11,16,21-23H,1,3,12-15H2,(H,27,32)(H,28,29)(H,30,31)/t16-,21-,23?/m0/s1. The van der Waals surface area contributed by atoms with Crippen LogP contribution in [0.5, 0.6) is 0 Å². The van der Waals surface area contributed by atoms with Crippen LogP contribution in [0.2, 0.25) is 0 Å². The predicted octanol–water partition coefficient (Wildman–Crippen LogP) is 3.70. The van der Waals surface area contributed by atoms with Crippen LogP contribution in [-0.4, -0.2) is 42.3 Å². The van der Waals surface area contributed by atoms with Crippen LogP contribution in [0.4, 0.5) is 4.79 Å². The highest BCUT2D eigenvalue weighted by Crippen LogP contribution is 2.44. The van der Waals surface area contributed by atoms with E-state index in [2.05, 4.69) is 41.5 Å². The van der Waals surface area contributed by atoms with Crippen molar-refractivity contribution in [1.82, 2.24) is 10.6 Å². The molecule has 1 fully saturated rings. The van der Waals surface area contributed by atoms with Crippen molar-refractivity contribution in [2.24, 2.45) is 11.8 Å². The summed E-state index contributed by atoms with van der Waals surface area (Å²) in [6.45, 7) is 4.13. The first-order chi connectivity index (χ1) is 16.0. The lowest BCUT2D eigenvalue weighted by Gasteiger charge is -2.15. The summed E-state index contributed by atoms with van der Waals surface area (Å²) in [5.74, 6) is -1.65. The Morgan fingerprint density at radius 2 is 1.73 bits per heavy atom. The number of benzene rings is 2. The zero-order valence-corrected chi connectivity index (χ0v) is 18.3. The smallest absolute Gasteiger partial charge is 0.407 e. The SMILES string of the molecule is C=CCCC(NC(=O)[C@H]1C[C@H]1CNC(=O)OCC1c2ccccc2-c2ccccc21)C(=O)O. The number of rotatable bonds is 10. The number of carboxylic acid groups (broad SMARTS) is 1. The van der Waals surface area contributed by atoms with Crippen LogP contribution >= 0.6 is 0 Å². The van der Waals surface area contributed by atoms with Gasteiger partial charge < -0.3 is 20.5 Å². The van der Waals surface area contributed by atoms with Crippen LogP contribution in [0.3, 0.4) is 0 Å². The molecule has 172 valence electrons. The Morgan fingerprint density at radius 3 is 2.33 bits per heavy atom. The summed E-state index contributed by atoms with van der Waals surface area (Å²) >= 11 is 0. The molecule has 2 aromatic rings. The first kappa shape index (κ1) is 22.6. The number of carboxylic acids is 1. The number of ether oxygens (including phenoxy) is 1. The molecule has 0 bridgehead atoms. The minimum atomic E-state index is -1.06. The van der Waals surface area contributed by atoms with Gasteiger partial charge >= 0.3 is 12.1 Å². The molecule has 0 heterocycles. The molecule has 0 aliphatic heterocycles.